The van der Waals surface area contributed by atoms with Gasteiger partial charge in [0.2, 0.25) is 0 Å². The second kappa shape index (κ2) is 6.73. The fourth-order valence-electron chi connectivity index (χ4n) is 3.82. The number of hydrogen-bond acceptors (Lipinski definition) is 1. The van der Waals surface area contributed by atoms with Crippen molar-refractivity contribution in [3.63, 3.8) is 0 Å². The lowest BCUT2D eigenvalue weighted by atomic mass is 10.0. The first-order valence-corrected chi connectivity index (χ1v) is 9.06. The molecule has 1 aliphatic heterocycles. The molecule has 1 aromatic heterocycles. The average Bonchev–Trinajstić information content (AvgIpc) is 2.86. The molecule has 0 fully saturated rings. The number of allylic oxidation sites excluding steroid dienone is 1. The Morgan fingerprint density at radius 1 is 1.11 bits per heavy atom. The minimum absolute atomic E-state index is 0.214. The Kier molecular flexibility index (Phi) is 4.52. The van der Waals surface area contributed by atoms with Crippen molar-refractivity contribution in [3.8, 4) is 0 Å². The second-order valence-corrected chi connectivity index (χ2v) is 7.44. The molecule has 0 saturated heterocycles. The van der Waals surface area contributed by atoms with Gasteiger partial charge >= 0.3 is 0 Å². The van der Waals surface area contributed by atoms with Gasteiger partial charge in [-0.25, -0.2) is 13.2 Å². The minimum Gasteiger partial charge on any atom is -0.320 e. The van der Waals surface area contributed by atoms with Gasteiger partial charge in [0.25, 0.3) is 0 Å². The highest BCUT2D eigenvalue weighted by Crippen LogP contribution is 2.34. The number of fused-ring (bicyclic) bond motifs is 3. The highest BCUT2D eigenvalue weighted by Gasteiger charge is 2.22. The quantitative estimate of drug-likeness (QED) is 0.543. The second-order valence-electron chi connectivity index (χ2n) is 7.00. The van der Waals surface area contributed by atoms with Crippen molar-refractivity contribution in [2.75, 3.05) is 13.6 Å². The number of aromatic nitrogens is 1. The molecule has 2 nitrogen and oxygen atoms in total. The first-order chi connectivity index (χ1) is 12.8. The monoisotopic (exact) mass is 390 g/mol. The Balaban J connectivity index is 1.93. The number of hydrogen-bond donors (Lipinski definition) is 0. The molecule has 6 heteroatoms. The third kappa shape index (κ3) is 3.15. The molecule has 1 aliphatic rings. The fraction of sp³-hybridized carbons (Fsp3) is 0.238. The van der Waals surface area contributed by atoms with Gasteiger partial charge in [-0.1, -0.05) is 11.6 Å². The van der Waals surface area contributed by atoms with E-state index in [0.29, 0.717) is 22.7 Å². The van der Waals surface area contributed by atoms with E-state index in [9.17, 15) is 13.2 Å². The van der Waals surface area contributed by atoms with E-state index in [1.54, 1.807) is 19.2 Å². The summed E-state index contributed by atoms with van der Waals surface area (Å²) in [6, 6.07) is 7.05. The van der Waals surface area contributed by atoms with Crippen LogP contribution in [0, 0.1) is 17.5 Å². The zero-order chi connectivity index (χ0) is 19.3. The third-order valence-electron chi connectivity index (χ3n) is 5.06. The summed E-state index contributed by atoms with van der Waals surface area (Å²) in [4.78, 5) is 2.23. The van der Waals surface area contributed by atoms with Crippen LogP contribution < -0.4 is 0 Å². The molecular formula is C21H18ClF3N2. The van der Waals surface area contributed by atoms with Gasteiger partial charge in [0.05, 0.1) is 11.1 Å². The van der Waals surface area contributed by atoms with E-state index in [1.165, 1.54) is 5.56 Å². The maximum Gasteiger partial charge on any atom is 0.136 e. The predicted octanol–water partition coefficient (Wildman–Crippen LogP) is 5.72. The predicted molar refractivity (Wildman–Crippen MR) is 103 cm³/mol. The van der Waals surface area contributed by atoms with Crippen LogP contribution in [0.3, 0.4) is 0 Å². The molecule has 27 heavy (non-hydrogen) atoms. The summed E-state index contributed by atoms with van der Waals surface area (Å²) in [7, 11) is 2.06. The van der Waals surface area contributed by atoms with Gasteiger partial charge in [0.1, 0.15) is 17.5 Å². The van der Waals surface area contributed by atoms with Crippen LogP contribution in [-0.2, 0) is 13.0 Å². The highest BCUT2D eigenvalue weighted by molar-refractivity contribution is 6.31. The lowest BCUT2D eigenvalue weighted by Crippen LogP contribution is -2.26. The van der Waals surface area contributed by atoms with E-state index in [2.05, 4.69) is 11.9 Å². The molecule has 0 amide bonds. The molecule has 0 N–H and O–H groups in total. The van der Waals surface area contributed by atoms with E-state index in [0.717, 1.165) is 36.1 Å². The molecule has 2 aromatic carbocycles. The summed E-state index contributed by atoms with van der Waals surface area (Å²) < 4.78 is 43.6. The number of nitrogens with zero attached hydrogens (tertiary/aromatic N) is 2. The zero-order valence-corrected chi connectivity index (χ0v) is 15.7. The normalized spacial score (nSPS) is 15.4. The van der Waals surface area contributed by atoms with Crippen LogP contribution in [0.2, 0.25) is 5.02 Å². The number of rotatable bonds is 2. The smallest absolute Gasteiger partial charge is 0.136 e. The maximum atomic E-state index is 14.2. The van der Waals surface area contributed by atoms with Crippen LogP contribution in [0.15, 0.2) is 30.3 Å². The largest absolute Gasteiger partial charge is 0.320 e. The Morgan fingerprint density at radius 3 is 2.52 bits per heavy atom. The molecule has 0 aliphatic carbocycles. The molecular weight excluding hydrogens is 373 g/mol. The first-order valence-electron chi connectivity index (χ1n) is 8.68. The number of benzene rings is 2. The molecule has 0 radical (unpaired) electrons. The van der Waals surface area contributed by atoms with Gasteiger partial charge in [-0.3, -0.25) is 0 Å². The van der Waals surface area contributed by atoms with Crippen molar-refractivity contribution in [1.82, 2.24) is 9.47 Å². The SMILES string of the molecule is C/C(=C\n1c2c(c3cc(Cl)ccc31)CN(C)CC2)c1c(F)cc(F)cc1F. The Morgan fingerprint density at radius 2 is 1.81 bits per heavy atom. The van der Waals surface area contributed by atoms with Gasteiger partial charge < -0.3 is 9.47 Å². The van der Waals surface area contributed by atoms with Crippen LogP contribution in [0.1, 0.15) is 23.7 Å². The van der Waals surface area contributed by atoms with Crippen LogP contribution in [0.4, 0.5) is 13.2 Å². The van der Waals surface area contributed by atoms with Gasteiger partial charge in [-0.05, 0) is 43.3 Å². The Hall–Kier alpha value is -2.24. The van der Waals surface area contributed by atoms with Gasteiger partial charge in [0, 0.05) is 53.9 Å². The first kappa shape index (κ1) is 18.1. The van der Waals surface area contributed by atoms with Crippen molar-refractivity contribution < 1.29 is 13.2 Å². The van der Waals surface area contributed by atoms with Crippen molar-refractivity contribution in [2.24, 2.45) is 0 Å². The Bertz CT molecular complexity index is 1060. The molecule has 3 aromatic rings. The lowest BCUT2D eigenvalue weighted by molar-refractivity contribution is 0.312. The zero-order valence-electron chi connectivity index (χ0n) is 15.0. The summed E-state index contributed by atoms with van der Waals surface area (Å²) in [5, 5.41) is 1.68. The molecule has 0 bridgehead atoms. The summed E-state index contributed by atoms with van der Waals surface area (Å²) in [5.41, 5.74) is 3.38. The molecule has 0 atom stereocenters. The molecule has 0 unspecified atom stereocenters. The fourth-order valence-corrected chi connectivity index (χ4v) is 4.00. The average molecular weight is 391 g/mol. The van der Waals surface area contributed by atoms with Crippen molar-refractivity contribution in [2.45, 2.75) is 19.9 Å². The maximum absolute atomic E-state index is 14.2. The van der Waals surface area contributed by atoms with E-state index in [4.69, 9.17) is 11.6 Å². The Labute approximate surface area is 160 Å². The number of halogens is 4. The van der Waals surface area contributed by atoms with Crippen molar-refractivity contribution in [1.29, 1.82) is 0 Å². The summed E-state index contributed by atoms with van der Waals surface area (Å²) in [6.45, 7) is 3.30. The van der Waals surface area contributed by atoms with Crippen molar-refractivity contribution >= 4 is 34.3 Å². The molecule has 0 saturated carbocycles. The van der Waals surface area contributed by atoms with E-state index >= 15 is 0 Å². The van der Waals surface area contributed by atoms with Crippen molar-refractivity contribution in [3.05, 3.63) is 69.6 Å². The minimum atomic E-state index is -0.928. The van der Waals surface area contributed by atoms with E-state index in [-0.39, 0.29) is 5.56 Å². The van der Waals surface area contributed by atoms with Gasteiger partial charge in [-0.15, -0.1) is 0 Å². The molecule has 140 valence electrons. The van der Waals surface area contributed by atoms with Crippen LogP contribution in [0.25, 0.3) is 22.7 Å². The topological polar surface area (TPSA) is 8.17 Å². The standard InChI is InChI=1S/C21H18ClF3N2/c1-12(21-17(24)8-14(23)9-18(21)25)10-27-19-4-3-13(22)7-15(19)16-11-26(2)6-5-20(16)27/h3-4,7-10H,5-6,11H2,1-2H3/b12-10+. The summed E-state index contributed by atoms with van der Waals surface area (Å²) >= 11 is 6.19. The summed E-state index contributed by atoms with van der Waals surface area (Å²) in [6.07, 6.45) is 2.54. The molecule has 2 heterocycles. The summed E-state index contributed by atoms with van der Waals surface area (Å²) in [5.74, 6) is -2.74. The highest BCUT2D eigenvalue weighted by atomic mass is 35.5. The van der Waals surface area contributed by atoms with Gasteiger partial charge in [-0.2, -0.15) is 0 Å². The molecule has 4 rings (SSSR count). The van der Waals surface area contributed by atoms with Crippen LogP contribution in [0.5, 0.6) is 0 Å². The molecule has 0 spiro atoms. The van der Waals surface area contributed by atoms with Gasteiger partial charge in [0.15, 0.2) is 0 Å². The van der Waals surface area contributed by atoms with E-state index < -0.39 is 17.5 Å². The third-order valence-corrected chi connectivity index (χ3v) is 5.30. The van der Waals surface area contributed by atoms with Crippen LogP contribution in [-0.4, -0.2) is 23.1 Å². The number of likely N-dealkylation sites (N-methyl/N-ethyl adjacent to an activating group) is 1. The van der Waals surface area contributed by atoms with E-state index in [1.807, 2.05) is 16.7 Å². The lowest BCUT2D eigenvalue weighted by Gasteiger charge is -2.23. The van der Waals surface area contributed by atoms with Crippen LogP contribution >= 0.6 is 11.6 Å².